The standard InChI is InChI=1S/C16H20O2/c1-4-5-6-12-9-16(17)11(2)15-10-13(18-3)7-8-14(12)15/h7-10,17H,4-6H2,1-3H3. The van der Waals surface area contributed by atoms with Crippen LogP contribution in [0.5, 0.6) is 11.5 Å². The summed E-state index contributed by atoms with van der Waals surface area (Å²) in [4.78, 5) is 0. The third-order valence-corrected chi connectivity index (χ3v) is 3.47. The van der Waals surface area contributed by atoms with E-state index in [1.165, 1.54) is 10.9 Å². The summed E-state index contributed by atoms with van der Waals surface area (Å²) in [7, 11) is 1.66. The topological polar surface area (TPSA) is 29.5 Å². The molecule has 0 saturated heterocycles. The van der Waals surface area contributed by atoms with Gasteiger partial charge in [-0.15, -0.1) is 0 Å². The minimum absolute atomic E-state index is 0.377. The molecule has 0 spiro atoms. The van der Waals surface area contributed by atoms with Crippen molar-refractivity contribution in [1.82, 2.24) is 0 Å². The molecule has 0 amide bonds. The minimum atomic E-state index is 0.377. The maximum atomic E-state index is 10.0. The van der Waals surface area contributed by atoms with Crippen molar-refractivity contribution in [2.75, 3.05) is 7.11 Å². The van der Waals surface area contributed by atoms with Crippen LogP contribution in [0.3, 0.4) is 0 Å². The van der Waals surface area contributed by atoms with Gasteiger partial charge in [0.25, 0.3) is 0 Å². The summed E-state index contributed by atoms with van der Waals surface area (Å²) < 4.78 is 5.26. The monoisotopic (exact) mass is 244 g/mol. The Morgan fingerprint density at radius 2 is 1.94 bits per heavy atom. The first kappa shape index (κ1) is 12.7. The Labute approximate surface area is 108 Å². The van der Waals surface area contributed by atoms with Crippen LogP contribution in [0.4, 0.5) is 0 Å². The number of hydrogen-bond acceptors (Lipinski definition) is 2. The van der Waals surface area contributed by atoms with Gasteiger partial charge in [-0.1, -0.05) is 19.4 Å². The molecular formula is C16H20O2. The molecule has 0 aliphatic rings. The predicted molar refractivity (Wildman–Crippen MR) is 75.5 cm³/mol. The first-order valence-corrected chi connectivity index (χ1v) is 6.46. The van der Waals surface area contributed by atoms with Gasteiger partial charge in [0.05, 0.1) is 7.11 Å². The van der Waals surface area contributed by atoms with Crippen LogP contribution in [0.25, 0.3) is 10.8 Å². The van der Waals surface area contributed by atoms with Gasteiger partial charge in [0.15, 0.2) is 0 Å². The number of ether oxygens (including phenoxy) is 1. The van der Waals surface area contributed by atoms with E-state index >= 15 is 0 Å². The number of fused-ring (bicyclic) bond motifs is 1. The number of aromatic hydroxyl groups is 1. The van der Waals surface area contributed by atoms with Crippen LogP contribution in [0, 0.1) is 6.92 Å². The Kier molecular flexibility index (Phi) is 3.75. The molecule has 0 saturated carbocycles. The first-order valence-electron chi connectivity index (χ1n) is 6.46. The molecule has 2 nitrogen and oxygen atoms in total. The van der Waals surface area contributed by atoms with Gasteiger partial charge in [0, 0.05) is 0 Å². The second-order valence-electron chi connectivity index (χ2n) is 4.69. The van der Waals surface area contributed by atoms with Gasteiger partial charge >= 0.3 is 0 Å². The Hall–Kier alpha value is -1.70. The largest absolute Gasteiger partial charge is 0.508 e. The lowest BCUT2D eigenvalue weighted by atomic mass is 9.96. The molecule has 0 heterocycles. The molecule has 0 aliphatic carbocycles. The molecule has 2 rings (SSSR count). The third-order valence-electron chi connectivity index (χ3n) is 3.47. The van der Waals surface area contributed by atoms with Crippen molar-refractivity contribution in [1.29, 1.82) is 0 Å². The second-order valence-corrected chi connectivity index (χ2v) is 4.69. The maximum Gasteiger partial charge on any atom is 0.119 e. The molecule has 96 valence electrons. The van der Waals surface area contributed by atoms with Gasteiger partial charge < -0.3 is 9.84 Å². The summed E-state index contributed by atoms with van der Waals surface area (Å²) in [6, 6.07) is 7.97. The Bertz CT molecular complexity index is 559. The second kappa shape index (κ2) is 5.30. The van der Waals surface area contributed by atoms with Crippen molar-refractivity contribution in [2.24, 2.45) is 0 Å². The van der Waals surface area contributed by atoms with E-state index < -0.39 is 0 Å². The number of rotatable bonds is 4. The van der Waals surface area contributed by atoms with Crippen LogP contribution in [0.1, 0.15) is 30.9 Å². The van der Waals surface area contributed by atoms with Gasteiger partial charge in [-0.25, -0.2) is 0 Å². The van der Waals surface area contributed by atoms with Gasteiger partial charge in [-0.05, 0) is 59.9 Å². The van der Waals surface area contributed by atoms with E-state index in [0.717, 1.165) is 36.0 Å². The van der Waals surface area contributed by atoms with Crippen LogP contribution >= 0.6 is 0 Å². The smallest absolute Gasteiger partial charge is 0.119 e. The molecule has 0 bridgehead atoms. The van der Waals surface area contributed by atoms with E-state index in [0.29, 0.717) is 5.75 Å². The Morgan fingerprint density at radius 1 is 1.17 bits per heavy atom. The summed E-state index contributed by atoms with van der Waals surface area (Å²) in [6.45, 7) is 4.12. The minimum Gasteiger partial charge on any atom is -0.508 e. The number of methoxy groups -OCH3 is 1. The fourth-order valence-electron chi connectivity index (χ4n) is 2.30. The highest BCUT2D eigenvalue weighted by Gasteiger charge is 2.09. The van der Waals surface area contributed by atoms with Crippen LogP contribution in [-0.2, 0) is 6.42 Å². The van der Waals surface area contributed by atoms with E-state index in [2.05, 4.69) is 13.0 Å². The van der Waals surface area contributed by atoms with Crippen LogP contribution < -0.4 is 4.74 Å². The molecule has 0 atom stereocenters. The maximum absolute atomic E-state index is 10.0. The zero-order valence-corrected chi connectivity index (χ0v) is 11.3. The van der Waals surface area contributed by atoms with E-state index in [9.17, 15) is 5.11 Å². The SMILES string of the molecule is CCCCc1cc(O)c(C)c2cc(OC)ccc12. The lowest BCUT2D eigenvalue weighted by molar-refractivity contribution is 0.415. The van der Waals surface area contributed by atoms with Crippen molar-refractivity contribution in [3.63, 3.8) is 0 Å². The summed E-state index contributed by atoms with van der Waals surface area (Å²) in [5.41, 5.74) is 2.14. The molecule has 18 heavy (non-hydrogen) atoms. The summed E-state index contributed by atoms with van der Waals surface area (Å²) >= 11 is 0. The van der Waals surface area contributed by atoms with E-state index in [4.69, 9.17) is 4.74 Å². The van der Waals surface area contributed by atoms with Crippen LogP contribution in [-0.4, -0.2) is 12.2 Å². The number of hydrogen-bond donors (Lipinski definition) is 1. The zero-order valence-electron chi connectivity index (χ0n) is 11.3. The van der Waals surface area contributed by atoms with Crippen molar-refractivity contribution in [2.45, 2.75) is 33.1 Å². The average molecular weight is 244 g/mol. The van der Waals surface area contributed by atoms with Crippen LogP contribution in [0.2, 0.25) is 0 Å². The molecule has 2 aromatic carbocycles. The van der Waals surface area contributed by atoms with Gasteiger partial charge in [-0.2, -0.15) is 0 Å². The van der Waals surface area contributed by atoms with E-state index in [-0.39, 0.29) is 0 Å². The Morgan fingerprint density at radius 3 is 2.61 bits per heavy atom. The predicted octanol–water partition coefficient (Wildman–Crippen LogP) is 4.21. The van der Waals surface area contributed by atoms with Gasteiger partial charge in [0.1, 0.15) is 11.5 Å². The van der Waals surface area contributed by atoms with E-state index in [1.54, 1.807) is 7.11 Å². The normalized spacial score (nSPS) is 10.8. The molecule has 0 unspecified atom stereocenters. The van der Waals surface area contributed by atoms with Gasteiger partial charge in [0.2, 0.25) is 0 Å². The number of unbranched alkanes of at least 4 members (excludes halogenated alkanes) is 1. The highest BCUT2D eigenvalue weighted by atomic mass is 16.5. The number of phenolic OH excluding ortho intramolecular Hbond substituents is 1. The third kappa shape index (κ3) is 2.28. The van der Waals surface area contributed by atoms with Crippen molar-refractivity contribution < 1.29 is 9.84 Å². The highest BCUT2D eigenvalue weighted by Crippen LogP contribution is 2.33. The summed E-state index contributed by atoms with van der Waals surface area (Å²) in [5.74, 6) is 1.21. The van der Waals surface area contributed by atoms with Crippen molar-refractivity contribution in [3.05, 3.63) is 35.4 Å². The summed E-state index contributed by atoms with van der Waals surface area (Å²) in [5, 5.41) is 12.3. The van der Waals surface area contributed by atoms with Crippen LogP contribution in [0.15, 0.2) is 24.3 Å². The van der Waals surface area contributed by atoms with Crippen molar-refractivity contribution in [3.8, 4) is 11.5 Å². The Balaban J connectivity index is 2.62. The summed E-state index contributed by atoms with van der Waals surface area (Å²) in [6.07, 6.45) is 3.31. The lowest BCUT2D eigenvalue weighted by Crippen LogP contribution is -1.91. The molecule has 2 heteroatoms. The average Bonchev–Trinajstić information content (AvgIpc) is 2.40. The first-order chi connectivity index (χ1) is 8.67. The molecular weight excluding hydrogens is 224 g/mol. The van der Waals surface area contributed by atoms with E-state index in [1.807, 2.05) is 25.1 Å². The van der Waals surface area contributed by atoms with Gasteiger partial charge in [-0.3, -0.25) is 0 Å². The number of benzene rings is 2. The molecule has 2 aromatic rings. The number of aryl methyl sites for hydroxylation is 2. The molecule has 0 aliphatic heterocycles. The lowest BCUT2D eigenvalue weighted by Gasteiger charge is -2.12. The molecule has 0 aromatic heterocycles. The van der Waals surface area contributed by atoms with Crippen molar-refractivity contribution >= 4 is 10.8 Å². The highest BCUT2D eigenvalue weighted by molar-refractivity contribution is 5.91. The fourth-order valence-corrected chi connectivity index (χ4v) is 2.30. The quantitative estimate of drug-likeness (QED) is 0.873. The molecule has 1 N–H and O–H groups in total. The molecule has 0 fully saturated rings. The zero-order chi connectivity index (χ0) is 13.1. The fraction of sp³-hybridized carbons (Fsp3) is 0.375. The molecule has 0 radical (unpaired) electrons. The number of phenols is 1.